The Morgan fingerprint density at radius 3 is 2.73 bits per heavy atom. The van der Waals surface area contributed by atoms with Crippen molar-refractivity contribution in [3.8, 4) is 0 Å². The van der Waals surface area contributed by atoms with Gasteiger partial charge in [0.2, 0.25) is 0 Å². The SMILES string of the molecule is COCOC1(C=O)C=CC=CC1C(=O)C(O)c1ccccc1. The monoisotopic (exact) mass is 302 g/mol. The number of benzene rings is 1. The molecule has 2 rings (SSSR count). The number of ether oxygens (including phenoxy) is 2. The normalized spacial score (nSPS) is 24.9. The average Bonchev–Trinajstić information content (AvgIpc) is 2.59. The van der Waals surface area contributed by atoms with Crippen molar-refractivity contribution in [3.05, 3.63) is 60.2 Å². The highest BCUT2D eigenvalue weighted by Gasteiger charge is 2.44. The van der Waals surface area contributed by atoms with Gasteiger partial charge in [-0.2, -0.15) is 0 Å². The van der Waals surface area contributed by atoms with Crippen molar-refractivity contribution in [1.29, 1.82) is 0 Å². The zero-order valence-corrected chi connectivity index (χ0v) is 12.2. The largest absolute Gasteiger partial charge is 0.381 e. The molecule has 3 atom stereocenters. The highest BCUT2D eigenvalue weighted by molar-refractivity contribution is 5.93. The van der Waals surface area contributed by atoms with Crippen molar-refractivity contribution in [1.82, 2.24) is 0 Å². The van der Waals surface area contributed by atoms with Gasteiger partial charge in [-0.3, -0.25) is 9.59 Å². The number of allylic oxidation sites excluding steroid dienone is 2. The van der Waals surface area contributed by atoms with Crippen LogP contribution in [0.25, 0.3) is 0 Å². The molecular weight excluding hydrogens is 284 g/mol. The van der Waals surface area contributed by atoms with Gasteiger partial charge in [-0.15, -0.1) is 0 Å². The number of aliphatic hydroxyl groups excluding tert-OH is 1. The Labute approximate surface area is 128 Å². The number of ketones is 1. The minimum Gasteiger partial charge on any atom is -0.381 e. The van der Waals surface area contributed by atoms with E-state index in [2.05, 4.69) is 0 Å². The number of hydrogen-bond acceptors (Lipinski definition) is 5. The molecule has 0 saturated heterocycles. The van der Waals surface area contributed by atoms with Gasteiger partial charge in [0.15, 0.2) is 17.7 Å². The molecule has 0 amide bonds. The molecule has 116 valence electrons. The summed E-state index contributed by atoms with van der Waals surface area (Å²) in [5, 5.41) is 10.3. The van der Waals surface area contributed by atoms with Gasteiger partial charge >= 0.3 is 0 Å². The number of Topliss-reactive ketones (excluding diaryl/α,β-unsaturated/α-hetero) is 1. The van der Waals surface area contributed by atoms with Crippen LogP contribution >= 0.6 is 0 Å². The summed E-state index contributed by atoms with van der Waals surface area (Å²) in [6.07, 6.45) is 5.57. The third-order valence-electron chi connectivity index (χ3n) is 3.56. The first-order chi connectivity index (χ1) is 10.6. The van der Waals surface area contributed by atoms with Crippen molar-refractivity contribution in [2.24, 2.45) is 5.92 Å². The van der Waals surface area contributed by atoms with E-state index in [1.54, 1.807) is 48.6 Å². The lowest BCUT2D eigenvalue weighted by atomic mass is 9.79. The van der Waals surface area contributed by atoms with Crippen molar-refractivity contribution < 1.29 is 24.2 Å². The van der Waals surface area contributed by atoms with Crippen LogP contribution in [0.5, 0.6) is 0 Å². The lowest BCUT2D eigenvalue weighted by molar-refractivity contribution is -0.158. The van der Waals surface area contributed by atoms with Gasteiger partial charge in [-0.25, -0.2) is 0 Å². The molecular formula is C17H18O5. The van der Waals surface area contributed by atoms with Crippen LogP contribution in [0.3, 0.4) is 0 Å². The van der Waals surface area contributed by atoms with E-state index in [1.807, 2.05) is 0 Å². The van der Waals surface area contributed by atoms with Crippen LogP contribution in [-0.2, 0) is 19.1 Å². The molecule has 0 aromatic heterocycles. The summed E-state index contributed by atoms with van der Waals surface area (Å²) in [7, 11) is 1.43. The molecule has 0 radical (unpaired) electrons. The number of carbonyl (C=O) groups excluding carboxylic acids is 2. The van der Waals surface area contributed by atoms with Crippen LogP contribution in [-0.4, -0.2) is 36.7 Å². The van der Waals surface area contributed by atoms with Crippen LogP contribution in [0, 0.1) is 5.92 Å². The minimum atomic E-state index is -1.46. The summed E-state index contributed by atoms with van der Waals surface area (Å²) >= 11 is 0. The average molecular weight is 302 g/mol. The van der Waals surface area contributed by atoms with Gasteiger partial charge in [0.1, 0.15) is 12.9 Å². The molecule has 1 aromatic rings. The molecule has 3 unspecified atom stereocenters. The maximum absolute atomic E-state index is 12.6. The Morgan fingerprint density at radius 2 is 2.09 bits per heavy atom. The van der Waals surface area contributed by atoms with Gasteiger partial charge in [-0.1, -0.05) is 48.6 Å². The lowest BCUT2D eigenvalue weighted by Crippen LogP contribution is -2.46. The molecule has 0 saturated carbocycles. The summed E-state index contributed by atoms with van der Waals surface area (Å²) in [6, 6.07) is 8.57. The predicted molar refractivity (Wildman–Crippen MR) is 79.9 cm³/mol. The quantitative estimate of drug-likeness (QED) is 0.611. The number of methoxy groups -OCH3 is 1. The molecule has 0 spiro atoms. The number of aliphatic hydroxyl groups is 1. The van der Waals surface area contributed by atoms with Crippen molar-refractivity contribution >= 4 is 12.1 Å². The second kappa shape index (κ2) is 7.26. The molecule has 5 heteroatoms. The molecule has 22 heavy (non-hydrogen) atoms. The van der Waals surface area contributed by atoms with Crippen LogP contribution in [0.2, 0.25) is 0 Å². The van der Waals surface area contributed by atoms with E-state index in [-0.39, 0.29) is 6.79 Å². The van der Waals surface area contributed by atoms with Crippen molar-refractivity contribution in [2.75, 3.05) is 13.9 Å². The Balaban J connectivity index is 2.27. The minimum absolute atomic E-state index is 0.137. The van der Waals surface area contributed by atoms with Crippen molar-refractivity contribution in [2.45, 2.75) is 11.7 Å². The smallest absolute Gasteiger partial charge is 0.176 e. The summed E-state index contributed by atoms with van der Waals surface area (Å²) in [5.41, 5.74) is -0.987. The highest BCUT2D eigenvalue weighted by Crippen LogP contribution is 2.31. The second-order valence-electron chi connectivity index (χ2n) is 4.96. The fourth-order valence-corrected chi connectivity index (χ4v) is 2.37. The number of aldehydes is 1. The van der Waals surface area contributed by atoms with E-state index < -0.39 is 23.4 Å². The van der Waals surface area contributed by atoms with Crippen LogP contribution in [0.15, 0.2) is 54.6 Å². The van der Waals surface area contributed by atoms with Gasteiger partial charge in [0.25, 0.3) is 0 Å². The second-order valence-corrected chi connectivity index (χ2v) is 4.96. The first kappa shape index (κ1) is 16.3. The summed E-state index contributed by atoms with van der Waals surface area (Å²) in [4.78, 5) is 24.2. The molecule has 0 fully saturated rings. The molecule has 1 aliphatic carbocycles. The van der Waals surface area contributed by atoms with Crippen LogP contribution in [0.1, 0.15) is 11.7 Å². The summed E-state index contributed by atoms with van der Waals surface area (Å²) in [5.74, 6) is -1.42. The molecule has 1 aliphatic rings. The molecule has 0 heterocycles. The fraction of sp³-hybridized carbons (Fsp3) is 0.294. The van der Waals surface area contributed by atoms with Crippen molar-refractivity contribution in [3.63, 3.8) is 0 Å². The Bertz CT molecular complexity index is 578. The van der Waals surface area contributed by atoms with Gasteiger partial charge in [0, 0.05) is 7.11 Å². The summed E-state index contributed by atoms with van der Waals surface area (Å²) in [6.45, 7) is -0.137. The standard InChI is InChI=1S/C17H18O5/c1-21-12-22-17(11-18)10-6-5-9-14(17)16(20)15(19)13-7-3-2-4-8-13/h2-11,14-15,19H,12H2,1H3. The van der Waals surface area contributed by atoms with E-state index in [4.69, 9.17) is 9.47 Å². The van der Waals surface area contributed by atoms with E-state index >= 15 is 0 Å². The first-order valence-electron chi connectivity index (χ1n) is 6.86. The topological polar surface area (TPSA) is 72.8 Å². The number of carbonyl (C=O) groups is 2. The fourth-order valence-electron chi connectivity index (χ4n) is 2.37. The van der Waals surface area contributed by atoms with Gasteiger partial charge < -0.3 is 14.6 Å². The highest BCUT2D eigenvalue weighted by atomic mass is 16.7. The lowest BCUT2D eigenvalue weighted by Gasteiger charge is -2.33. The Hall–Kier alpha value is -2.08. The molecule has 0 aliphatic heterocycles. The maximum Gasteiger partial charge on any atom is 0.176 e. The zero-order valence-electron chi connectivity index (χ0n) is 12.2. The van der Waals surface area contributed by atoms with Crippen LogP contribution < -0.4 is 0 Å². The zero-order chi connectivity index (χ0) is 16.0. The molecule has 5 nitrogen and oxygen atoms in total. The Morgan fingerprint density at radius 1 is 1.36 bits per heavy atom. The molecule has 0 bridgehead atoms. The summed E-state index contributed by atoms with van der Waals surface area (Å²) < 4.78 is 10.3. The van der Waals surface area contributed by atoms with E-state index in [0.717, 1.165) is 0 Å². The van der Waals surface area contributed by atoms with E-state index in [0.29, 0.717) is 11.8 Å². The third kappa shape index (κ3) is 3.22. The van der Waals surface area contributed by atoms with Gasteiger partial charge in [0.05, 0.1) is 5.92 Å². The van der Waals surface area contributed by atoms with Gasteiger partial charge in [-0.05, 0) is 11.6 Å². The molecule has 1 aromatic carbocycles. The third-order valence-corrected chi connectivity index (χ3v) is 3.56. The van der Waals surface area contributed by atoms with Crippen LogP contribution in [0.4, 0.5) is 0 Å². The molecule has 1 N–H and O–H groups in total. The van der Waals surface area contributed by atoms with E-state index in [9.17, 15) is 14.7 Å². The number of rotatable bonds is 7. The predicted octanol–water partition coefficient (Wildman–Crippen LogP) is 1.59. The maximum atomic E-state index is 12.6. The number of hydrogen-bond donors (Lipinski definition) is 1. The Kier molecular flexibility index (Phi) is 5.38. The van der Waals surface area contributed by atoms with E-state index in [1.165, 1.54) is 13.2 Å². The first-order valence-corrected chi connectivity index (χ1v) is 6.86.